The zero-order valence-corrected chi connectivity index (χ0v) is 12.5. The lowest BCUT2D eigenvalue weighted by Crippen LogP contribution is -2.30. The molecule has 0 spiro atoms. The Balaban J connectivity index is 1.70. The van der Waals surface area contributed by atoms with Gasteiger partial charge in [-0.05, 0) is 11.8 Å². The van der Waals surface area contributed by atoms with Crippen LogP contribution in [-0.4, -0.2) is 43.7 Å². The van der Waals surface area contributed by atoms with E-state index < -0.39 is 23.2 Å². The van der Waals surface area contributed by atoms with E-state index in [1.807, 2.05) is 13.8 Å². The fraction of sp³-hybridized carbons (Fsp3) is 0.714. The van der Waals surface area contributed by atoms with Crippen molar-refractivity contribution in [1.29, 1.82) is 0 Å². The number of rotatable bonds is 4. The number of carboxylic acid groups (broad SMARTS) is 1. The van der Waals surface area contributed by atoms with Crippen LogP contribution in [0.2, 0.25) is 0 Å². The minimum atomic E-state index is -0.893. The minimum absolute atomic E-state index is 0.122. The van der Waals surface area contributed by atoms with Crippen molar-refractivity contribution in [3.63, 3.8) is 0 Å². The molecule has 7 nitrogen and oxygen atoms in total. The third-order valence-electron chi connectivity index (χ3n) is 4.80. The third-order valence-corrected chi connectivity index (χ3v) is 4.80. The normalized spacial score (nSPS) is 25.5. The van der Waals surface area contributed by atoms with E-state index in [4.69, 9.17) is 0 Å². The Hall–Kier alpha value is -1.92. The molecule has 21 heavy (non-hydrogen) atoms. The van der Waals surface area contributed by atoms with Gasteiger partial charge in [-0.2, -0.15) is 0 Å². The molecule has 0 aromatic carbocycles. The van der Waals surface area contributed by atoms with Crippen molar-refractivity contribution in [3.05, 3.63) is 11.6 Å². The van der Waals surface area contributed by atoms with Crippen LogP contribution in [0.4, 0.5) is 0 Å². The van der Waals surface area contributed by atoms with Gasteiger partial charge in [-0.25, -0.2) is 0 Å². The van der Waals surface area contributed by atoms with Crippen LogP contribution in [0.25, 0.3) is 0 Å². The molecular weight excluding hydrogens is 272 g/mol. The number of carboxylic acids is 1. The molecule has 1 aromatic heterocycles. The standard InChI is InChI=1S/C14H20N4O3/c1-14(2)10(11(14)13(20)21)12(19)17(3)7-9-16-15-8-5-4-6-18(8)9/h10-11H,4-7H2,1-3H3,(H,20,21). The number of nitrogens with zero attached hydrogens (tertiary/aromatic N) is 4. The average molecular weight is 292 g/mol. The molecule has 1 aliphatic heterocycles. The van der Waals surface area contributed by atoms with Crippen molar-refractivity contribution in [3.8, 4) is 0 Å². The summed E-state index contributed by atoms with van der Waals surface area (Å²) in [5.74, 6) is -0.292. The molecule has 2 heterocycles. The highest BCUT2D eigenvalue weighted by Crippen LogP contribution is 2.58. The molecule has 3 rings (SSSR count). The minimum Gasteiger partial charge on any atom is -0.481 e. The van der Waals surface area contributed by atoms with Crippen LogP contribution in [-0.2, 0) is 29.1 Å². The molecule has 2 atom stereocenters. The maximum atomic E-state index is 12.5. The molecule has 1 amide bonds. The molecular formula is C14H20N4O3. The Morgan fingerprint density at radius 3 is 2.71 bits per heavy atom. The monoisotopic (exact) mass is 292 g/mol. The van der Waals surface area contributed by atoms with E-state index in [2.05, 4.69) is 14.8 Å². The molecule has 1 fully saturated rings. The van der Waals surface area contributed by atoms with Gasteiger partial charge >= 0.3 is 5.97 Å². The predicted octanol–water partition coefficient (Wildman–Crippen LogP) is 0.539. The van der Waals surface area contributed by atoms with Crippen molar-refractivity contribution in [2.75, 3.05) is 7.05 Å². The summed E-state index contributed by atoms with van der Waals surface area (Å²) in [6.45, 7) is 4.94. The quantitative estimate of drug-likeness (QED) is 0.875. The second-order valence-corrected chi connectivity index (χ2v) is 6.60. The second-order valence-electron chi connectivity index (χ2n) is 6.60. The number of hydrogen-bond donors (Lipinski definition) is 1. The lowest BCUT2D eigenvalue weighted by Gasteiger charge is -2.17. The van der Waals surface area contributed by atoms with Gasteiger partial charge in [-0.15, -0.1) is 10.2 Å². The van der Waals surface area contributed by atoms with Crippen molar-refractivity contribution >= 4 is 11.9 Å². The zero-order chi connectivity index (χ0) is 15.4. The highest BCUT2D eigenvalue weighted by Gasteiger charge is 2.66. The highest BCUT2D eigenvalue weighted by molar-refractivity contribution is 5.91. The topological polar surface area (TPSA) is 88.3 Å². The number of fused-ring (bicyclic) bond motifs is 1. The zero-order valence-electron chi connectivity index (χ0n) is 12.5. The molecule has 114 valence electrons. The van der Waals surface area contributed by atoms with Gasteiger partial charge in [-0.3, -0.25) is 9.59 Å². The fourth-order valence-electron chi connectivity index (χ4n) is 3.41. The Morgan fingerprint density at radius 2 is 2.10 bits per heavy atom. The van der Waals surface area contributed by atoms with E-state index >= 15 is 0 Å². The smallest absolute Gasteiger partial charge is 0.307 e. The second kappa shape index (κ2) is 4.54. The largest absolute Gasteiger partial charge is 0.481 e. The predicted molar refractivity (Wildman–Crippen MR) is 73.2 cm³/mol. The number of hydrogen-bond acceptors (Lipinski definition) is 4. The van der Waals surface area contributed by atoms with Gasteiger partial charge < -0.3 is 14.6 Å². The Kier molecular flexibility index (Phi) is 3.04. The summed E-state index contributed by atoms with van der Waals surface area (Å²) >= 11 is 0. The summed E-state index contributed by atoms with van der Waals surface area (Å²) in [7, 11) is 1.70. The Bertz CT molecular complexity index is 607. The first-order valence-electron chi connectivity index (χ1n) is 7.22. The van der Waals surface area contributed by atoms with Crippen molar-refractivity contribution in [2.24, 2.45) is 17.3 Å². The SMILES string of the molecule is CN(Cc1nnc2n1CCC2)C(=O)C1C(C(=O)O)C1(C)C. The first-order valence-corrected chi connectivity index (χ1v) is 7.22. The summed E-state index contributed by atoms with van der Waals surface area (Å²) in [5, 5.41) is 17.4. The molecule has 2 unspecified atom stereocenters. The molecule has 1 aliphatic carbocycles. The first kappa shape index (κ1) is 14.0. The van der Waals surface area contributed by atoms with Crippen LogP contribution in [0, 0.1) is 17.3 Å². The molecule has 0 radical (unpaired) electrons. The third kappa shape index (κ3) is 2.11. The van der Waals surface area contributed by atoms with Crippen LogP contribution in [0.5, 0.6) is 0 Å². The van der Waals surface area contributed by atoms with E-state index in [1.165, 1.54) is 0 Å². The average Bonchev–Trinajstić information content (AvgIpc) is 2.76. The lowest BCUT2D eigenvalue weighted by molar-refractivity contribution is -0.141. The van der Waals surface area contributed by atoms with Gasteiger partial charge in [0.05, 0.1) is 18.4 Å². The van der Waals surface area contributed by atoms with E-state index in [1.54, 1.807) is 11.9 Å². The van der Waals surface area contributed by atoms with E-state index in [9.17, 15) is 14.7 Å². The molecule has 1 aromatic rings. The van der Waals surface area contributed by atoms with Crippen molar-refractivity contribution < 1.29 is 14.7 Å². The van der Waals surface area contributed by atoms with E-state index in [0.29, 0.717) is 6.54 Å². The summed E-state index contributed by atoms with van der Waals surface area (Å²) in [5.41, 5.74) is -0.468. The molecule has 0 saturated heterocycles. The molecule has 0 bridgehead atoms. The summed E-state index contributed by atoms with van der Waals surface area (Å²) in [4.78, 5) is 25.2. The molecule has 1 N–H and O–H groups in total. The molecule has 2 aliphatic rings. The number of aryl methyl sites for hydroxylation is 1. The van der Waals surface area contributed by atoms with Gasteiger partial charge in [0.1, 0.15) is 5.82 Å². The molecule has 7 heteroatoms. The van der Waals surface area contributed by atoms with Crippen LogP contribution < -0.4 is 0 Å². The number of carbonyl (C=O) groups is 2. The lowest BCUT2D eigenvalue weighted by atomic mass is 10.1. The Morgan fingerprint density at radius 1 is 1.38 bits per heavy atom. The summed E-state index contributed by atoms with van der Waals surface area (Å²) < 4.78 is 2.05. The van der Waals surface area contributed by atoms with E-state index in [0.717, 1.165) is 31.0 Å². The fourth-order valence-corrected chi connectivity index (χ4v) is 3.41. The number of aliphatic carboxylic acids is 1. The van der Waals surface area contributed by atoms with Crippen LogP contribution in [0.3, 0.4) is 0 Å². The van der Waals surface area contributed by atoms with Gasteiger partial charge in [0.15, 0.2) is 5.82 Å². The maximum Gasteiger partial charge on any atom is 0.307 e. The van der Waals surface area contributed by atoms with Crippen LogP contribution in [0.15, 0.2) is 0 Å². The first-order chi connectivity index (χ1) is 9.84. The summed E-state index contributed by atoms with van der Waals surface area (Å²) in [6.07, 6.45) is 1.99. The number of carbonyl (C=O) groups excluding carboxylic acids is 1. The number of amides is 1. The highest BCUT2D eigenvalue weighted by atomic mass is 16.4. The van der Waals surface area contributed by atoms with Gasteiger partial charge in [-0.1, -0.05) is 13.8 Å². The maximum absolute atomic E-state index is 12.5. The summed E-state index contributed by atoms with van der Waals surface area (Å²) in [6, 6.07) is 0. The van der Waals surface area contributed by atoms with Gasteiger partial charge in [0, 0.05) is 20.0 Å². The Labute approximate surface area is 123 Å². The van der Waals surface area contributed by atoms with E-state index in [-0.39, 0.29) is 5.91 Å². The molecule has 1 saturated carbocycles. The van der Waals surface area contributed by atoms with Gasteiger partial charge in [0.2, 0.25) is 5.91 Å². The number of aromatic nitrogens is 3. The van der Waals surface area contributed by atoms with Crippen LogP contribution >= 0.6 is 0 Å². The van der Waals surface area contributed by atoms with Crippen molar-refractivity contribution in [2.45, 2.75) is 39.8 Å². The van der Waals surface area contributed by atoms with Crippen LogP contribution in [0.1, 0.15) is 31.9 Å². The van der Waals surface area contributed by atoms with Gasteiger partial charge in [0.25, 0.3) is 0 Å². The van der Waals surface area contributed by atoms with Crippen molar-refractivity contribution in [1.82, 2.24) is 19.7 Å².